The summed E-state index contributed by atoms with van der Waals surface area (Å²) in [6, 6.07) is 8.63. The van der Waals surface area contributed by atoms with E-state index in [0.29, 0.717) is 5.95 Å². The maximum Gasteiger partial charge on any atom is 0.323 e. The average molecular weight is 305 g/mol. The molecule has 0 saturated carbocycles. The molecule has 1 aliphatic carbocycles. The van der Waals surface area contributed by atoms with Crippen molar-refractivity contribution in [2.45, 2.75) is 25.4 Å². The quantitative estimate of drug-likeness (QED) is 0.872. The van der Waals surface area contributed by atoms with Crippen LogP contribution in [0.2, 0.25) is 5.28 Å². The van der Waals surface area contributed by atoms with Crippen molar-refractivity contribution in [1.29, 1.82) is 0 Å². The topological polar surface area (TPSA) is 51.1 Å². The van der Waals surface area contributed by atoms with Gasteiger partial charge in [0.25, 0.3) is 0 Å². The van der Waals surface area contributed by atoms with E-state index in [2.05, 4.69) is 33.2 Å². The number of aromatic nitrogens is 3. The fourth-order valence-electron chi connectivity index (χ4n) is 2.53. The van der Waals surface area contributed by atoms with Gasteiger partial charge in [-0.15, -0.1) is 0 Å². The summed E-state index contributed by atoms with van der Waals surface area (Å²) in [5.41, 5.74) is 2.55. The molecule has 0 spiro atoms. The fraction of sp³-hybridized carbons (Fsp3) is 0.400. The third kappa shape index (κ3) is 3.08. The van der Waals surface area contributed by atoms with Gasteiger partial charge in [-0.05, 0) is 42.0 Å². The van der Waals surface area contributed by atoms with Crippen LogP contribution < -0.4 is 9.64 Å². The Hall–Kier alpha value is -1.88. The third-order valence-corrected chi connectivity index (χ3v) is 3.71. The average Bonchev–Trinajstić information content (AvgIpc) is 2.47. The maximum atomic E-state index is 5.98. The van der Waals surface area contributed by atoms with Gasteiger partial charge in [-0.3, -0.25) is 0 Å². The number of anilines is 1. The van der Waals surface area contributed by atoms with Crippen molar-refractivity contribution < 1.29 is 4.74 Å². The highest BCUT2D eigenvalue weighted by Gasteiger charge is 2.22. The van der Waals surface area contributed by atoms with Crippen LogP contribution in [0.4, 0.5) is 5.95 Å². The smallest absolute Gasteiger partial charge is 0.323 e. The second-order valence-corrected chi connectivity index (χ2v) is 5.62. The minimum atomic E-state index is -0.0246. The first-order valence-electron chi connectivity index (χ1n) is 6.97. The summed E-state index contributed by atoms with van der Waals surface area (Å²) >= 11 is 5.94. The van der Waals surface area contributed by atoms with Gasteiger partial charge in [-0.1, -0.05) is 24.3 Å². The first-order valence-corrected chi connectivity index (χ1v) is 7.34. The van der Waals surface area contributed by atoms with E-state index in [4.69, 9.17) is 16.3 Å². The Morgan fingerprint density at radius 3 is 2.81 bits per heavy atom. The number of benzene rings is 1. The molecule has 6 heteroatoms. The lowest BCUT2D eigenvalue weighted by Gasteiger charge is -2.25. The molecule has 1 unspecified atom stereocenters. The number of halogens is 1. The molecule has 110 valence electrons. The molecule has 1 aromatic heterocycles. The number of aryl methyl sites for hydroxylation is 1. The van der Waals surface area contributed by atoms with E-state index in [1.807, 2.05) is 20.2 Å². The van der Waals surface area contributed by atoms with Crippen molar-refractivity contribution in [2.24, 2.45) is 0 Å². The van der Waals surface area contributed by atoms with Crippen LogP contribution in [0.15, 0.2) is 24.3 Å². The van der Waals surface area contributed by atoms with E-state index in [1.54, 1.807) is 4.90 Å². The van der Waals surface area contributed by atoms with Crippen LogP contribution >= 0.6 is 11.6 Å². The van der Waals surface area contributed by atoms with Crippen molar-refractivity contribution in [2.75, 3.05) is 19.0 Å². The second kappa shape index (κ2) is 5.85. The molecule has 1 atom stereocenters. The molecule has 3 rings (SSSR count). The summed E-state index contributed by atoms with van der Waals surface area (Å²) in [6.07, 6.45) is 3.12. The Morgan fingerprint density at radius 1 is 1.19 bits per heavy atom. The third-order valence-electron chi connectivity index (χ3n) is 3.54. The Labute approximate surface area is 129 Å². The normalized spacial score (nSPS) is 17.2. The highest BCUT2D eigenvalue weighted by Crippen LogP contribution is 2.32. The molecule has 0 saturated heterocycles. The van der Waals surface area contributed by atoms with Gasteiger partial charge in [-0.25, -0.2) is 0 Å². The zero-order valence-corrected chi connectivity index (χ0v) is 12.8. The first-order chi connectivity index (χ1) is 10.1. The number of hydrogen-bond acceptors (Lipinski definition) is 5. The predicted molar refractivity (Wildman–Crippen MR) is 81.9 cm³/mol. The van der Waals surface area contributed by atoms with Crippen molar-refractivity contribution in [1.82, 2.24) is 15.0 Å². The van der Waals surface area contributed by atoms with Crippen LogP contribution in [-0.2, 0) is 6.42 Å². The van der Waals surface area contributed by atoms with Crippen molar-refractivity contribution >= 4 is 17.5 Å². The maximum absolute atomic E-state index is 5.98. The molecule has 1 aromatic carbocycles. The molecule has 5 nitrogen and oxygen atoms in total. The highest BCUT2D eigenvalue weighted by atomic mass is 35.5. The van der Waals surface area contributed by atoms with Gasteiger partial charge in [0, 0.05) is 14.1 Å². The molecule has 0 N–H and O–H groups in total. The van der Waals surface area contributed by atoms with Crippen LogP contribution in [0, 0.1) is 0 Å². The highest BCUT2D eigenvalue weighted by molar-refractivity contribution is 6.28. The van der Waals surface area contributed by atoms with Crippen LogP contribution in [0.3, 0.4) is 0 Å². The van der Waals surface area contributed by atoms with Gasteiger partial charge < -0.3 is 9.64 Å². The van der Waals surface area contributed by atoms with Gasteiger partial charge in [0.2, 0.25) is 11.2 Å². The number of ether oxygens (including phenoxy) is 1. The first kappa shape index (κ1) is 14.1. The molecular weight excluding hydrogens is 288 g/mol. The van der Waals surface area contributed by atoms with E-state index >= 15 is 0 Å². The minimum absolute atomic E-state index is 0.0246. The summed E-state index contributed by atoms with van der Waals surface area (Å²) in [6.45, 7) is 0. The Balaban J connectivity index is 1.88. The largest absolute Gasteiger partial charge is 0.455 e. The number of rotatable bonds is 3. The minimum Gasteiger partial charge on any atom is -0.455 e. The Kier molecular flexibility index (Phi) is 3.92. The second-order valence-electron chi connectivity index (χ2n) is 5.28. The lowest BCUT2D eigenvalue weighted by molar-refractivity contribution is 0.167. The molecule has 0 bridgehead atoms. The molecule has 1 heterocycles. The van der Waals surface area contributed by atoms with Gasteiger partial charge in [0.15, 0.2) is 0 Å². The summed E-state index contributed by atoms with van der Waals surface area (Å²) < 4.78 is 5.98. The van der Waals surface area contributed by atoms with E-state index in [9.17, 15) is 0 Å². The molecule has 0 fully saturated rings. The van der Waals surface area contributed by atoms with E-state index < -0.39 is 0 Å². The van der Waals surface area contributed by atoms with Crippen molar-refractivity contribution in [3.8, 4) is 6.01 Å². The fourth-order valence-corrected chi connectivity index (χ4v) is 2.68. The molecule has 0 aliphatic heterocycles. The Morgan fingerprint density at radius 2 is 2.00 bits per heavy atom. The monoisotopic (exact) mass is 304 g/mol. The molecular formula is C15H17ClN4O. The molecule has 0 radical (unpaired) electrons. The van der Waals surface area contributed by atoms with Gasteiger partial charge in [0.05, 0.1) is 0 Å². The number of nitrogens with zero attached hydrogens (tertiary/aromatic N) is 4. The van der Waals surface area contributed by atoms with Crippen LogP contribution in [0.5, 0.6) is 6.01 Å². The number of hydrogen-bond donors (Lipinski definition) is 0. The van der Waals surface area contributed by atoms with Crippen molar-refractivity contribution in [3.05, 3.63) is 40.7 Å². The van der Waals surface area contributed by atoms with E-state index in [-0.39, 0.29) is 17.4 Å². The van der Waals surface area contributed by atoms with E-state index in [1.165, 1.54) is 11.1 Å². The zero-order valence-electron chi connectivity index (χ0n) is 12.1. The van der Waals surface area contributed by atoms with Gasteiger partial charge in [0.1, 0.15) is 6.10 Å². The molecule has 0 amide bonds. The van der Waals surface area contributed by atoms with E-state index in [0.717, 1.165) is 19.3 Å². The van der Waals surface area contributed by atoms with Crippen LogP contribution in [0.25, 0.3) is 0 Å². The van der Waals surface area contributed by atoms with Crippen molar-refractivity contribution in [3.63, 3.8) is 0 Å². The Bertz CT molecular complexity index is 647. The summed E-state index contributed by atoms with van der Waals surface area (Å²) in [4.78, 5) is 14.2. The number of fused-ring (bicyclic) bond motifs is 1. The standard InChI is InChI=1S/C15H17ClN4O/c1-20(2)14-17-13(16)18-15(19-14)21-12-9-5-7-10-6-3-4-8-11(10)12/h3-4,6,8,12H,5,7,9H2,1-2H3. The lowest BCUT2D eigenvalue weighted by atomic mass is 9.89. The lowest BCUT2D eigenvalue weighted by Crippen LogP contribution is -2.18. The molecule has 21 heavy (non-hydrogen) atoms. The van der Waals surface area contributed by atoms with Crippen LogP contribution in [0.1, 0.15) is 30.1 Å². The zero-order chi connectivity index (χ0) is 14.8. The summed E-state index contributed by atoms with van der Waals surface area (Å²) in [5, 5.41) is 0.146. The van der Waals surface area contributed by atoms with Gasteiger partial charge in [-0.2, -0.15) is 15.0 Å². The van der Waals surface area contributed by atoms with Gasteiger partial charge >= 0.3 is 6.01 Å². The van der Waals surface area contributed by atoms with Crippen LogP contribution in [-0.4, -0.2) is 29.0 Å². The predicted octanol–water partition coefficient (Wildman–Crippen LogP) is 3.05. The SMILES string of the molecule is CN(C)c1nc(Cl)nc(OC2CCCc3ccccc32)n1. The molecule has 2 aromatic rings. The summed E-state index contributed by atoms with van der Waals surface area (Å²) in [5.74, 6) is 0.495. The summed E-state index contributed by atoms with van der Waals surface area (Å²) in [7, 11) is 3.71. The molecule has 1 aliphatic rings.